The van der Waals surface area contributed by atoms with E-state index in [1.165, 1.54) is 4.68 Å². The van der Waals surface area contributed by atoms with E-state index >= 15 is 0 Å². The van der Waals surface area contributed by atoms with Crippen molar-refractivity contribution in [2.45, 2.75) is 6.54 Å². The molecule has 0 saturated carbocycles. The first-order valence-corrected chi connectivity index (χ1v) is 9.29. The zero-order valence-electron chi connectivity index (χ0n) is 13.7. The van der Waals surface area contributed by atoms with Gasteiger partial charge < -0.3 is 0 Å². The molecule has 0 fully saturated rings. The molecule has 0 aliphatic carbocycles. The van der Waals surface area contributed by atoms with E-state index in [9.17, 15) is 4.79 Å². The Balaban J connectivity index is 1.97. The third kappa shape index (κ3) is 3.30. The summed E-state index contributed by atoms with van der Waals surface area (Å²) < 4.78 is 2.38. The van der Waals surface area contributed by atoms with Crippen molar-refractivity contribution in [1.29, 1.82) is 0 Å². The molecule has 1 aromatic heterocycles. The summed E-state index contributed by atoms with van der Waals surface area (Å²) in [5, 5.41) is 6.74. The molecule has 1 heterocycles. The summed E-state index contributed by atoms with van der Waals surface area (Å²) in [6.45, 7) is 0.416. The molecule has 0 radical (unpaired) electrons. The molecule has 0 amide bonds. The lowest BCUT2D eigenvalue weighted by Crippen LogP contribution is -2.24. The van der Waals surface area contributed by atoms with Crippen LogP contribution in [0.1, 0.15) is 5.56 Å². The highest BCUT2D eigenvalue weighted by Gasteiger charge is 2.13. The van der Waals surface area contributed by atoms with Crippen molar-refractivity contribution in [3.8, 4) is 11.3 Å². The Kier molecular flexibility index (Phi) is 4.62. The highest BCUT2D eigenvalue weighted by molar-refractivity contribution is 9.10. The molecule has 0 aliphatic heterocycles. The molecule has 0 bridgehead atoms. The Labute approximate surface area is 164 Å². The van der Waals surface area contributed by atoms with Gasteiger partial charge in [0.05, 0.1) is 17.6 Å². The lowest BCUT2D eigenvalue weighted by atomic mass is 10.1. The first-order valence-electron chi connectivity index (χ1n) is 8.12. The normalized spacial score (nSPS) is 11.0. The second-order valence-corrected chi connectivity index (χ2v) is 7.35. The molecule has 0 aliphatic rings. The third-order valence-corrected chi connectivity index (χ3v) is 4.85. The molecular weight excluding hydrogens is 412 g/mol. The predicted molar refractivity (Wildman–Crippen MR) is 110 cm³/mol. The van der Waals surface area contributed by atoms with Gasteiger partial charge in [-0.05, 0) is 29.8 Å². The Morgan fingerprint density at radius 3 is 2.35 bits per heavy atom. The molecule has 3 nitrogen and oxygen atoms in total. The first-order chi connectivity index (χ1) is 12.6. The maximum Gasteiger partial charge on any atom is 0.274 e. The van der Waals surface area contributed by atoms with Gasteiger partial charge in [0.2, 0.25) is 0 Å². The van der Waals surface area contributed by atoms with Gasteiger partial charge in [-0.2, -0.15) is 5.10 Å². The van der Waals surface area contributed by atoms with E-state index in [1.54, 1.807) is 0 Å². The van der Waals surface area contributed by atoms with E-state index in [0.717, 1.165) is 26.7 Å². The second-order valence-electron chi connectivity index (χ2n) is 6.00. The van der Waals surface area contributed by atoms with Gasteiger partial charge in [0, 0.05) is 20.4 Å². The van der Waals surface area contributed by atoms with Crippen molar-refractivity contribution in [3.63, 3.8) is 0 Å². The highest BCUT2D eigenvalue weighted by atomic mass is 79.9. The van der Waals surface area contributed by atoms with Crippen LogP contribution < -0.4 is 5.56 Å². The number of aromatic nitrogens is 2. The summed E-state index contributed by atoms with van der Waals surface area (Å²) in [4.78, 5) is 12.9. The highest BCUT2D eigenvalue weighted by Crippen LogP contribution is 2.30. The Hall–Kier alpha value is -2.43. The molecule has 4 aromatic rings. The van der Waals surface area contributed by atoms with Crippen LogP contribution in [0, 0.1) is 0 Å². The van der Waals surface area contributed by atoms with E-state index in [0.29, 0.717) is 17.0 Å². The summed E-state index contributed by atoms with van der Waals surface area (Å²) in [6, 6.07) is 23.0. The van der Waals surface area contributed by atoms with Gasteiger partial charge in [-0.25, -0.2) is 4.68 Å². The number of halogens is 2. The summed E-state index contributed by atoms with van der Waals surface area (Å²) in [5.74, 6) is 0. The quantitative estimate of drug-likeness (QED) is 0.433. The van der Waals surface area contributed by atoms with E-state index < -0.39 is 0 Å². The molecule has 0 unspecified atom stereocenters. The van der Waals surface area contributed by atoms with Crippen molar-refractivity contribution in [2.24, 2.45) is 0 Å². The summed E-state index contributed by atoms with van der Waals surface area (Å²) >= 11 is 9.71. The molecule has 26 heavy (non-hydrogen) atoms. The standard InChI is InChI=1S/C21H14BrClN2O/c22-16-10-15(11-17(23)12-16)20-18-8-4-5-9-19(18)21(26)25(24-20)13-14-6-2-1-3-7-14/h1-12H,13H2. The van der Waals surface area contributed by atoms with Crippen LogP contribution in [0.25, 0.3) is 22.0 Å². The SMILES string of the molecule is O=c1c2ccccc2c(-c2cc(Cl)cc(Br)c2)nn1Cc1ccccc1. The maximum absolute atomic E-state index is 12.9. The van der Waals surface area contributed by atoms with Gasteiger partial charge in [-0.1, -0.05) is 76.1 Å². The topological polar surface area (TPSA) is 34.9 Å². The van der Waals surface area contributed by atoms with Crippen molar-refractivity contribution >= 4 is 38.3 Å². The number of hydrogen-bond acceptors (Lipinski definition) is 2. The molecule has 4 rings (SSSR count). The maximum atomic E-state index is 12.9. The summed E-state index contributed by atoms with van der Waals surface area (Å²) in [6.07, 6.45) is 0. The van der Waals surface area contributed by atoms with Crippen LogP contribution in [-0.2, 0) is 6.54 Å². The predicted octanol–water partition coefficient (Wildman–Crippen LogP) is 5.53. The van der Waals surface area contributed by atoms with E-state index in [4.69, 9.17) is 11.6 Å². The fourth-order valence-corrected chi connectivity index (χ4v) is 3.86. The van der Waals surface area contributed by atoms with Crippen molar-refractivity contribution in [1.82, 2.24) is 9.78 Å². The lowest BCUT2D eigenvalue weighted by Gasteiger charge is -2.12. The van der Waals surface area contributed by atoms with Crippen LogP contribution >= 0.6 is 27.5 Å². The van der Waals surface area contributed by atoms with Crippen LogP contribution in [0.5, 0.6) is 0 Å². The first kappa shape index (κ1) is 17.0. The van der Waals surface area contributed by atoms with E-state index in [1.807, 2.05) is 72.8 Å². The third-order valence-electron chi connectivity index (χ3n) is 4.18. The van der Waals surface area contributed by atoms with Crippen LogP contribution in [0.3, 0.4) is 0 Å². The molecule has 0 N–H and O–H groups in total. The van der Waals surface area contributed by atoms with Crippen molar-refractivity contribution in [2.75, 3.05) is 0 Å². The fourth-order valence-electron chi connectivity index (χ4n) is 3.00. The molecule has 0 atom stereocenters. The zero-order valence-corrected chi connectivity index (χ0v) is 16.0. The average Bonchev–Trinajstić information content (AvgIpc) is 2.64. The summed E-state index contributed by atoms with van der Waals surface area (Å²) in [5.41, 5.74) is 2.52. The lowest BCUT2D eigenvalue weighted by molar-refractivity contribution is 0.651. The Morgan fingerprint density at radius 2 is 1.62 bits per heavy atom. The van der Waals surface area contributed by atoms with E-state index in [2.05, 4.69) is 21.0 Å². The van der Waals surface area contributed by atoms with Crippen molar-refractivity contribution < 1.29 is 0 Å². The largest absolute Gasteiger partial charge is 0.274 e. The van der Waals surface area contributed by atoms with E-state index in [-0.39, 0.29) is 5.56 Å². The van der Waals surface area contributed by atoms with Crippen LogP contribution in [0.2, 0.25) is 5.02 Å². The van der Waals surface area contributed by atoms with Gasteiger partial charge in [0.15, 0.2) is 0 Å². The fraction of sp³-hybridized carbons (Fsp3) is 0.0476. The van der Waals surface area contributed by atoms with Gasteiger partial charge in [-0.15, -0.1) is 0 Å². The van der Waals surface area contributed by atoms with Gasteiger partial charge >= 0.3 is 0 Å². The van der Waals surface area contributed by atoms with Crippen LogP contribution in [0.4, 0.5) is 0 Å². The number of nitrogens with zero attached hydrogens (tertiary/aromatic N) is 2. The zero-order chi connectivity index (χ0) is 18.1. The molecule has 5 heteroatoms. The van der Waals surface area contributed by atoms with Gasteiger partial charge in [-0.3, -0.25) is 4.79 Å². The Morgan fingerprint density at radius 1 is 0.923 bits per heavy atom. The molecule has 0 saturated heterocycles. The van der Waals surface area contributed by atoms with Gasteiger partial charge in [0.1, 0.15) is 0 Å². The average molecular weight is 426 g/mol. The summed E-state index contributed by atoms with van der Waals surface area (Å²) in [7, 11) is 0. The minimum atomic E-state index is -0.103. The minimum Gasteiger partial charge on any atom is -0.267 e. The number of fused-ring (bicyclic) bond motifs is 1. The minimum absolute atomic E-state index is 0.103. The molecule has 128 valence electrons. The molecule has 0 spiro atoms. The number of hydrogen-bond donors (Lipinski definition) is 0. The Bertz CT molecular complexity index is 1140. The van der Waals surface area contributed by atoms with Gasteiger partial charge in [0.25, 0.3) is 5.56 Å². The number of rotatable bonds is 3. The van der Waals surface area contributed by atoms with Crippen LogP contribution in [-0.4, -0.2) is 9.78 Å². The molecular formula is C21H14BrClN2O. The van der Waals surface area contributed by atoms with Crippen molar-refractivity contribution in [3.05, 3.63) is 98.2 Å². The molecule has 3 aromatic carbocycles. The second kappa shape index (κ2) is 7.06. The number of benzene rings is 3. The smallest absolute Gasteiger partial charge is 0.267 e. The monoisotopic (exact) mass is 424 g/mol. The van der Waals surface area contributed by atoms with Crippen LogP contribution in [0.15, 0.2) is 82.1 Å².